The zero-order valence-corrected chi connectivity index (χ0v) is 16.8. The Labute approximate surface area is 173 Å². The van der Waals surface area contributed by atoms with Crippen LogP contribution in [-0.4, -0.2) is 38.2 Å². The van der Waals surface area contributed by atoms with E-state index in [-0.39, 0.29) is 29.4 Å². The van der Waals surface area contributed by atoms with Crippen molar-refractivity contribution >= 4 is 5.91 Å². The summed E-state index contributed by atoms with van der Waals surface area (Å²) in [5, 5.41) is 4.47. The Morgan fingerprint density at radius 1 is 0.967 bits per heavy atom. The highest BCUT2D eigenvalue weighted by atomic mass is 19.1. The molecule has 0 spiro atoms. The Morgan fingerprint density at radius 2 is 1.57 bits per heavy atom. The number of hydrogen-bond donors (Lipinski definition) is 0. The van der Waals surface area contributed by atoms with Crippen LogP contribution in [0.25, 0.3) is 22.5 Å². The highest BCUT2D eigenvalue weighted by molar-refractivity contribution is 5.81. The molecule has 2 fully saturated rings. The molecule has 6 nitrogen and oxygen atoms in total. The maximum Gasteiger partial charge on any atom is 0.346 e. The van der Waals surface area contributed by atoms with Crippen molar-refractivity contribution in [3.63, 3.8) is 0 Å². The van der Waals surface area contributed by atoms with Crippen molar-refractivity contribution in [1.82, 2.24) is 19.2 Å². The fourth-order valence-electron chi connectivity index (χ4n) is 4.20. The summed E-state index contributed by atoms with van der Waals surface area (Å²) >= 11 is 0. The molecule has 2 heterocycles. The van der Waals surface area contributed by atoms with Crippen LogP contribution in [0, 0.1) is 11.7 Å². The van der Waals surface area contributed by atoms with Crippen LogP contribution in [-0.2, 0) is 11.8 Å². The third-order valence-electron chi connectivity index (χ3n) is 6.04. The van der Waals surface area contributed by atoms with Crippen LogP contribution in [0.3, 0.4) is 0 Å². The number of amides is 1. The van der Waals surface area contributed by atoms with Crippen molar-refractivity contribution < 1.29 is 9.18 Å². The zero-order chi connectivity index (χ0) is 20.8. The molecule has 3 aromatic rings. The molecule has 2 aliphatic rings. The topological polar surface area (TPSA) is 60.1 Å². The standard InChI is InChI=1S/C23H23FN4O2/c1-26-23(30)28(20-12-13-27(14-20)22(29)18-6-7-18)21(25-26)17-4-2-15(3-5-17)16-8-10-19(24)11-9-16/h2-5,8-11,18,20H,6-7,12-14H2,1H3. The third kappa shape index (κ3) is 3.34. The minimum Gasteiger partial charge on any atom is -0.340 e. The summed E-state index contributed by atoms with van der Waals surface area (Å²) in [6.45, 7) is 1.24. The highest BCUT2D eigenvalue weighted by Gasteiger charge is 2.38. The molecule has 0 bridgehead atoms. The molecule has 1 aromatic heterocycles. The number of carbonyl (C=O) groups excluding carboxylic acids is 1. The Hall–Kier alpha value is -3.22. The first-order valence-corrected chi connectivity index (χ1v) is 10.3. The van der Waals surface area contributed by atoms with Gasteiger partial charge in [0.15, 0.2) is 5.82 Å². The number of aryl methyl sites for hydroxylation is 1. The summed E-state index contributed by atoms with van der Waals surface area (Å²) in [5.41, 5.74) is 2.56. The van der Waals surface area contributed by atoms with Gasteiger partial charge in [-0.05, 0) is 42.5 Å². The second kappa shape index (κ2) is 7.23. The van der Waals surface area contributed by atoms with Gasteiger partial charge in [0.05, 0.1) is 6.04 Å². The first-order chi connectivity index (χ1) is 14.5. The number of carbonyl (C=O) groups is 1. The number of benzene rings is 2. The van der Waals surface area contributed by atoms with Gasteiger partial charge in [0, 0.05) is 31.6 Å². The van der Waals surface area contributed by atoms with E-state index in [9.17, 15) is 14.0 Å². The van der Waals surface area contributed by atoms with Crippen molar-refractivity contribution in [2.24, 2.45) is 13.0 Å². The molecule has 1 saturated carbocycles. The summed E-state index contributed by atoms with van der Waals surface area (Å²) in [4.78, 5) is 27.1. The van der Waals surface area contributed by atoms with Gasteiger partial charge in [0.25, 0.3) is 0 Å². The van der Waals surface area contributed by atoms with Gasteiger partial charge in [0.2, 0.25) is 5.91 Å². The Bertz CT molecular complexity index is 1140. The molecule has 5 rings (SSSR count). The van der Waals surface area contributed by atoms with Crippen LogP contribution in [0.2, 0.25) is 0 Å². The molecule has 2 aromatic carbocycles. The van der Waals surface area contributed by atoms with E-state index in [2.05, 4.69) is 5.10 Å². The van der Waals surface area contributed by atoms with Crippen molar-refractivity contribution in [3.8, 4) is 22.5 Å². The monoisotopic (exact) mass is 406 g/mol. The average molecular weight is 406 g/mol. The molecule has 0 radical (unpaired) electrons. The van der Waals surface area contributed by atoms with Gasteiger partial charge in [-0.3, -0.25) is 9.36 Å². The number of rotatable bonds is 4. The van der Waals surface area contributed by atoms with Crippen LogP contribution in [0.4, 0.5) is 4.39 Å². The highest BCUT2D eigenvalue weighted by Crippen LogP contribution is 2.34. The second-order valence-corrected chi connectivity index (χ2v) is 8.19. The fourth-order valence-corrected chi connectivity index (χ4v) is 4.20. The lowest BCUT2D eigenvalue weighted by atomic mass is 10.0. The van der Waals surface area contributed by atoms with Crippen molar-refractivity contribution in [1.29, 1.82) is 0 Å². The summed E-state index contributed by atoms with van der Waals surface area (Å²) in [5.74, 6) is 0.755. The number of likely N-dealkylation sites (tertiary alicyclic amines) is 1. The minimum absolute atomic E-state index is 0.0688. The van der Waals surface area contributed by atoms with E-state index < -0.39 is 0 Å². The number of hydrogen-bond acceptors (Lipinski definition) is 3. The molecule has 0 N–H and O–H groups in total. The zero-order valence-electron chi connectivity index (χ0n) is 16.8. The molecule has 1 atom stereocenters. The molecule has 1 saturated heterocycles. The largest absolute Gasteiger partial charge is 0.346 e. The molecule has 1 amide bonds. The Balaban J connectivity index is 1.44. The minimum atomic E-state index is -0.265. The van der Waals surface area contributed by atoms with Crippen LogP contribution in [0.5, 0.6) is 0 Å². The van der Waals surface area contributed by atoms with E-state index >= 15 is 0 Å². The second-order valence-electron chi connectivity index (χ2n) is 8.19. The summed E-state index contributed by atoms with van der Waals surface area (Å²) in [6, 6.07) is 14.0. The van der Waals surface area contributed by atoms with Gasteiger partial charge in [-0.15, -0.1) is 5.10 Å². The summed E-state index contributed by atoms with van der Waals surface area (Å²) < 4.78 is 16.3. The van der Waals surface area contributed by atoms with E-state index in [1.165, 1.54) is 16.8 Å². The lowest BCUT2D eigenvalue weighted by Crippen LogP contribution is -2.32. The lowest BCUT2D eigenvalue weighted by Gasteiger charge is -2.17. The van der Waals surface area contributed by atoms with Crippen LogP contribution in [0.15, 0.2) is 53.3 Å². The normalized spacial score (nSPS) is 18.7. The third-order valence-corrected chi connectivity index (χ3v) is 6.04. The molecule has 7 heteroatoms. The van der Waals surface area contributed by atoms with Gasteiger partial charge in [-0.1, -0.05) is 36.4 Å². The molecule has 154 valence electrons. The van der Waals surface area contributed by atoms with Crippen molar-refractivity contribution in [3.05, 3.63) is 64.8 Å². The lowest BCUT2D eigenvalue weighted by molar-refractivity contribution is -0.131. The quantitative estimate of drug-likeness (QED) is 0.668. The van der Waals surface area contributed by atoms with Crippen LogP contribution >= 0.6 is 0 Å². The van der Waals surface area contributed by atoms with E-state index in [0.29, 0.717) is 18.9 Å². The van der Waals surface area contributed by atoms with Gasteiger partial charge < -0.3 is 4.90 Å². The average Bonchev–Trinajstić information content (AvgIpc) is 3.43. The summed E-state index contributed by atoms with van der Waals surface area (Å²) in [6.07, 6.45) is 2.72. The van der Waals surface area contributed by atoms with Gasteiger partial charge >= 0.3 is 5.69 Å². The van der Waals surface area contributed by atoms with E-state index in [1.54, 1.807) is 23.7 Å². The molecular formula is C23H23FN4O2. The van der Waals surface area contributed by atoms with E-state index in [1.807, 2.05) is 29.2 Å². The number of nitrogens with zero attached hydrogens (tertiary/aromatic N) is 4. The van der Waals surface area contributed by atoms with Crippen molar-refractivity contribution in [2.45, 2.75) is 25.3 Å². The van der Waals surface area contributed by atoms with Crippen LogP contribution in [0.1, 0.15) is 25.3 Å². The van der Waals surface area contributed by atoms with Crippen molar-refractivity contribution in [2.75, 3.05) is 13.1 Å². The van der Waals surface area contributed by atoms with Gasteiger partial charge in [-0.2, -0.15) is 0 Å². The maximum atomic E-state index is 13.2. The Morgan fingerprint density at radius 3 is 2.20 bits per heavy atom. The molecule has 1 unspecified atom stereocenters. The van der Waals surface area contributed by atoms with Gasteiger partial charge in [-0.25, -0.2) is 13.9 Å². The molecule has 1 aliphatic carbocycles. The Kier molecular flexibility index (Phi) is 4.53. The van der Waals surface area contributed by atoms with Gasteiger partial charge in [0.1, 0.15) is 5.82 Å². The SMILES string of the molecule is Cn1nc(-c2ccc(-c3ccc(F)cc3)cc2)n(C2CCN(C(=O)C3CC3)C2)c1=O. The fraction of sp³-hybridized carbons (Fsp3) is 0.348. The summed E-state index contributed by atoms with van der Waals surface area (Å²) in [7, 11) is 1.65. The smallest absolute Gasteiger partial charge is 0.340 e. The predicted molar refractivity (Wildman–Crippen MR) is 111 cm³/mol. The first-order valence-electron chi connectivity index (χ1n) is 10.3. The van der Waals surface area contributed by atoms with Crippen LogP contribution < -0.4 is 5.69 Å². The van der Waals surface area contributed by atoms with E-state index in [4.69, 9.17) is 0 Å². The number of aromatic nitrogens is 3. The molecular weight excluding hydrogens is 383 g/mol. The molecule has 1 aliphatic heterocycles. The number of halogens is 1. The maximum absolute atomic E-state index is 13.2. The first kappa shape index (κ1) is 18.8. The molecule has 30 heavy (non-hydrogen) atoms. The van der Waals surface area contributed by atoms with E-state index in [0.717, 1.165) is 36.0 Å². The predicted octanol–water partition coefficient (Wildman–Crippen LogP) is 3.24.